The van der Waals surface area contributed by atoms with Gasteiger partial charge in [-0.3, -0.25) is 4.79 Å². The van der Waals surface area contributed by atoms with Crippen molar-refractivity contribution in [3.63, 3.8) is 0 Å². The fourth-order valence-electron chi connectivity index (χ4n) is 3.99. The first-order valence-electron chi connectivity index (χ1n) is 7.66. The monoisotopic (exact) mass is 316 g/mol. The summed E-state index contributed by atoms with van der Waals surface area (Å²) in [6.45, 7) is 8.62. The van der Waals surface area contributed by atoms with Gasteiger partial charge in [-0.05, 0) is 36.7 Å². The van der Waals surface area contributed by atoms with Crippen LogP contribution in [0.2, 0.25) is 5.02 Å². The Hall–Kier alpha value is -1.61. The Morgan fingerprint density at radius 1 is 1.45 bits per heavy atom. The second kappa shape index (κ2) is 5.24. The highest BCUT2D eigenvalue weighted by atomic mass is 35.5. The molecule has 3 nitrogen and oxygen atoms in total. The van der Waals surface area contributed by atoms with Crippen LogP contribution in [0.1, 0.15) is 38.7 Å². The summed E-state index contributed by atoms with van der Waals surface area (Å²) in [5, 5.41) is 4.71. The van der Waals surface area contributed by atoms with E-state index in [1.54, 1.807) is 12.3 Å². The summed E-state index contributed by atoms with van der Waals surface area (Å²) in [5.74, 6) is 0.521. The number of hydrogen-bond donors (Lipinski definition) is 1. The van der Waals surface area contributed by atoms with Crippen LogP contribution in [0, 0.1) is 16.7 Å². The van der Waals surface area contributed by atoms with Gasteiger partial charge in [-0.2, -0.15) is 5.10 Å². The van der Waals surface area contributed by atoms with Crippen LogP contribution in [0.25, 0.3) is 0 Å². The lowest BCUT2D eigenvalue weighted by Crippen LogP contribution is -2.39. The molecular formula is C18H21ClN2O. The molecule has 2 atom stereocenters. The lowest BCUT2D eigenvalue weighted by Gasteiger charge is -2.36. The molecule has 2 aliphatic carbocycles. The van der Waals surface area contributed by atoms with Crippen molar-refractivity contribution < 1.29 is 4.79 Å². The lowest BCUT2D eigenvalue weighted by molar-refractivity contribution is -0.128. The largest absolute Gasteiger partial charge is 0.272 e. The van der Waals surface area contributed by atoms with Crippen molar-refractivity contribution >= 4 is 23.7 Å². The van der Waals surface area contributed by atoms with Crippen LogP contribution in [-0.2, 0) is 4.79 Å². The summed E-state index contributed by atoms with van der Waals surface area (Å²) in [6, 6.07) is 7.41. The van der Waals surface area contributed by atoms with Gasteiger partial charge in [-0.25, -0.2) is 5.43 Å². The van der Waals surface area contributed by atoms with Crippen molar-refractivity contribution in [2.45, 2.75) is 33.1 Å². The van der Waals surface area contributed by atoms with Gasteiger partial charge in [0.05, 0.1) is 11.6 Å². The van der Waals surface area contributed by atoms with Crippen LogP contribution >= 0.6 is 11.6 Å². The van der Waals surface area contributed by atoms with Crippen molar-refractivity contribution in [2.24, 2.45) is 21.8 Å². The molecule has 1 amide bonds. The Morgan fingerprint density at radius 3 is 2.82 bits per heavy atom. The highest BCUT2D eigenvalue weighted by Crippen LogP contribution is 2.65. The van der Waals surface area contributed by atoms with E-state index in [0.717, 1.165) is 30.4 Å². The number of halogens is 1. The Labute approximate surface area is 136 Å². The number of benzene rings is 1. The smallest absolute Gasteiger partial charge is 0.250 e. The normalized spacial score (nSPS) is 29.2. The van der Waals surface area contributed by atoms with Gasteiger partial charge in [0.25, 0.3) is 0 Å². The molecular weight excluding hydrogens is 296 g/mol. The number of carbonyl (C=O) groups excluding carboxylic acids is 1. The minimum atomic E-state index is -0.439. The molecule has 0 saturated heterocycles. The lowest BCUT2D eigenvalue weighted by atomic mass is 9.68. The minimum Gasteiger partial charge on any atom is -0.272 e. The zero-order valence-corrected chi connectivity index (χ0v) is 13.8. The fourth-order valence-corrected chi connectivity index (χ4v) is 4.17. The Balaban J connectivity index is 1.73. The molecule has 4 heteroatoms. The van der Waals surface area contributed by atoms with E-state index in [0.29, 0.717) is 10.9 Å². The molecule has 2 fully saturated rings. The first kappa shape index (κ1) is 15.3. The molecule has 0 aromatic heterocycles. The summed E-state index contributed by atoms with van der Waals surface area (Å²) in [7, 11) is 0. The van der Waals surface area contributed by atoms with Crippen LogP contribution in [0.15, 0.2) is 41.5 Å². The third kappa shape index (κ3) is 2.19. The van der Waals surface area contributed by atoms with Gasteiger partial charge in [-0.1, -0.05) is 55.8 Å². The number of nitrogens with zero attached hydrogens (tertiary/aromatic N) is 1. The molecule has 0 heterocycles. The summed E-state index contributed by atoms with van der Waals surface area (Å²) in [4.78, 5) is 12.7. The van der Waals surface area contributed by atoms with E-state index >= 15 is 0 Å². The van der Waals surface area contributed by atoms with Gasteiger partial charge >= 0.3 is 0 Å². The average Bonchev–Trinajstić information content (AvgIpc) is 3.01. The molecule has 2 saturated carbocycles. The van der Waals surface area contributed by atoms with E-state index in [-0.39, 0.29) is 11.3 Å². The first-order chi connectivity index (χ1) is 10.4. The molecule has 0 radical (unpaired) electrons. The average molecular weight is 317 g/mol. The second-order valence-corrected chi connectivity index (χ2v) is 7.35. The Morgan fingerprint density at radius 2 is 2.18 bits per heavy atom. The number of fused-ring (bicyclic) bond motifs is 2. The summed E-state index contributed by atoms with van der Waals surface area (Å²) in [6.07, 6.45) is 4.46. The predicted molar refractivity (Wildman–Crippen MR) is 89.9 cm³/mol. The van der Waals surface area contributed by atoms with Gasteiger partial charge < -0.3 is 0 Å². The van der Waals surface area contributed by atoms with Crippen LogP contribution in [0.5, 0.6) is 0 Å². The first-order valence-corrected chi connectivity index (χ1v) is 8.03. The third-order valence-electron chi connectivity index (χ3n) is 5.60. The van der Waals surface area contributed by atoms with E-state index < -0.39 is 5.41 Å². The van der Waals surface area contributed by atoms with Crippen molar-refractivity contribution in [3.8, 4) is 0 Å². The molecule has 22 heavy (non-hydrogen) atoms. The Bertz CT molecular complexity index is 665. The van der Waals surface area contributed by atoms with E-state index in [1.165, 1.54) is 0 Å². The van der Waals surface area contributed by atoms with Gasteiger partial charge in [0.15, 0.2) is 0 Å². The maximum Gasteiger partial charge on any atom is 0.250 e. The maximum absolute atomic E-state index is 12.7. The molecule has 0 unspecified atom stereocenters. The Kier molecular flexibility index (Phi) is 3.64. The summed E-state index contributed by atoms with van der Waals surface area (Å²) in [5.41, 5.74) is 4.15. The molecule has 1 aromatic carbocycles. The predicted octanol–water partition coefficient (Wildman–Crippen LogP) is 4.17. The minimum absolute atomic E-state index is 0.0334. The zero-order chi connectivity index (χ0) is 16.0. The molecule has 0 spiro atoms. The molecule has 2 bridgehead atoms. The highest BCUT2D eigenvalue weighted by Gasteiger charge is 2.60. The SMILES string of the molecule is C=C1C(C)(C)[C@H]2CC[C@]1(C(=O)N/N=C\c1ccccc1Cl)C2. The topological polar surface area (TPSA) is 41.5 Å². The number of rotatable bonds is 3. The van der Waals surface area contributed by atoms with Crippen LogP contribution in [-0.4, -0.2) is 12.1 Å². The fraction of sp³-hybridized carbons (Fsp3) is 0.444. The highest BCUT2D eigenvalue weighted by molar-refractivity contribution is 6.33. The quantitative estimate of drug-likeness (QED) is 0.507. The standard InChI is InChI=1S/C18H21ClN2O/c1-12-17(2,3)14-8-9-18(12,10-14)16(22)21-20-11-13-6-4-5-7-15(13)19/h4-7,11,14H,1,8-10H2,2-3H3,(H,21,22)/b20-11-/t14-,18-/m0/s1. The van der Waals surface area contributed by atoms with Crippen molar-refractivity contribution in [1.29, 1.82) is 0 Å². The van der Waals surface area contributed by atoms with Gasteiger partial charge in [-0.15, -0.1) is 0 Å². The number of hydrazone groups is 1. The number of carbonyl (C=O) groups is 1. The van der Waals surface area contributed by atoms with Gasteiger partial charge in [0.1, 0.15) is 0 Å². The maximum atomic E-state index is 12.7. The molecule has 1 aromatic rings. The van der Waals surface area contributed by atoms with Crippen molar-refractivity contribution in [3.05, 3.63) is 47.0 Å². The van der Waals surface area contributed by atoms with E-state index in [9.17, 15) is 4.79 Å². The second-order valence-electron chi connectivity index (χ2n) is 6.94. The van der Waals surface area contributed by atoms with Crippen molar-refractivity contribution in [2.75, 3.05) is 0 Å². The summed E-state index contributed by atoms with van der Waals surface area (Å²) >= 11 is 6.07. The molecule has 2 aliphatic rings. The number of amides is 1. The third-order valence-corrected chi connectivity index (χ3v) is 5.94. The zero-order valence-electron chi connectivity index (χ0n) is 13.0. The van der Waals surface area contributed by atoms with Gasteiger partial charge in [0, 0.05) is 10.6 Å². The number of nitrogens with one attached hydrogen (secondary N) is 1. The van der Waals surface area contributed by atoms with E-state index in [4.69, 9.17) is 11.6 Å². The summed E-state index contributed by atoms with van der Waals surface area (Å²) < 4.78 is 0. The number of hydrogen-bond acceptors (Lipinski definition) is 2. The molecule has 0 aliphatic heterocycles. The van der Waals surface area contributed by atoms with Gasteiger partial charge in [0.2, 0.25) is 5.91 Å². The van der Waals surface area contributed by atoms with E-state index in [1.807, 2.05) is 18.2 Å². The van der Waals surface area contributed by atoms with E-state index in [2.05, 4.69) is 31.0 Å². The van der Waals surface area contributed by atoms with Crippen molar-refractivity contribution in [1.82, 2.24) is 5.43 Å². The molecule has 3 rings (SSSR count). The van der Waals surface area contributed by atoms with Crippen LogP contribution < -0.4 is 5.43 Å². The molecule has 116 valence electrons. The van der Waals surface area contributed by atoms with Crippen LogP contribution in [0.4, 0.5) is 0 Å². The molecule has 1 N–H and O–H groups in total. The van der Waals surface area contributed by atoms with Crippen LogP contribution in [0.3, 0.4) is 0 Å².